The Kier molecular flexibility index (Phi) is 4.05. The highest BCUT2D eigenvalue weighted by atomic mass is 19.4. The number of aromatic nitrogens is 1. The summed E-state index contributed by atoms with van der Waals surface area (Å²) in [5.41, 5.74) is 6.99. The molecular formula is C18H15F3N2O. The summed E-state index contributed by atoms with van der Waals surface area (Å²) in [5.74, 6) is -0.452. The van der Waals surface area contributed by atoms with Crippen LogP contribution in [-0.2, 0) is 23.9 Å². The molecular weight excluding hydrogens is 317 g/mol. The van der Waals surface area contributed by atoms with Crippen molar-refractivity contribution in [1.82, 2.24) is 4.57 Å². The lowest BCUT2D eigenvalue weighted by Crippen LogP contribution is -2.17. The van der Waals surface area contributed by atoms with E-state index in [0.717, 1.165) is 34.3 Å². The molecule has 0 radical (unpaired) electrons. The molecule has 0 bridgehead atoms. The fraction of sp³-hybridized carbons (Fsp3) is 0.167. The van der Waals surface area contributed by atoms with Gasteiger partial charge < -0.3 is 10.3 Å². The summed E-state index contributed by atoms with van der Waals surface area (Å²) >= 11 is 0. The van der Waals surface area contributed by atoms with E-state index in [4.69, 9.17) is 5.73 Å². The van der Waals surface area contributed by atoms with Crippen LogP contribution in [0.2, 0.25) is 0 Å². The minimum atomic E-state index is -4.35. The monoisotopic (exact) mass is 332 g/mol. The molecule has 6 heteroatoms. The van der Waals surface area contributed by atoms with Crippen molar-refractivity contribution in [2.24, 2.45) is 5.73 Å². The molecule has 0 atom stereocenters. The molecule has 0 aliphatic rings. The molecule has 24 heavy (non-hydrogen) atoms. The Labute approximate surface area is 136 Å². The molecule has 2 N–H and O–H groups in total. The van der Waals surface area contributed by atoms with Gasteiger partial charge in [0.2, 0.25) is 5.91 Å². The third kappa shape index (κ3) is 3.27. The number of rotatable bonds is 4. The van der Waals surface area contributed by atoms with E-state index >= 15 is 0 Å². The molecule has 3 rings (SSSR count). The van der Waals surface area contributed by atoms with Crippen molar-refractivity contribution in [3.63, 3.8) is 0 Å². The number of alkyl halides is 3. The van der Waals surface area contributed by atoms with Gasteiger partial charge in [-0.15, -0.1) is 0 Å². The van der Waals surface area contributed by atoms with E-state index in [9.17, 15) is 18.0 Å². The van der Waals surface area contributed by atoms with Crippen LogP contribution in [0.3, 0.4) is 0 Å². The number of nitrogens with zero attached hydrogens (tertiary/aromatic N) is 1. The largest absolute Gasteiger partial charge is 0.416 e. The van der Waals surface area contributed by atoms with Gasteiger partial charge in [0, 0.05) is 17.8 Å². The Morgan fingerprint density at radius 2 is 1.71 bits per heavy atom. The van der Waals surface area contributed by atoms with Gasteiger partial charge in [-0.25, -0.2) is 0 Å². The van der Waals surface area contributed by atoms with Crippen molar-refractivity contribution < 1.29 is 18.0 Å². The highest BCUT2D eigenvalue weighted by Crippen LogP contribution is 2.29. The average molecular weight is 332 g/mol. The van der Waals surface area contributed by atoms with Crippen molar-refractivity contribution in [2.75, 3.05) is 0 Å². The first kappa shape index (κ1) is 16.1. The lowest BCUT2D eigenvalue weighted by molar-refractivity contribution is -0.137. The number of para-hydroxylation sites is 1. The van der Waals surface area contributed by atoms with E-state index < -0.39 is 17.6 Å². The standard InChI is InChI=1S/C18H15F3N2O/c19-18(20,21)14-7-5-12(6-8-14)11-23-15(10-17(22)24)9-13-3-1-2-4-16(13)23/h1-9H,10-11H2,(H2,22,24). The molecule has 3 nitrogen and oxygen atoms in total. The predicted molar refractivity (Wildman–Crippen MR) is 85.4 cm³/mol. The van der Waals surface area contributed by atoms with Crippen LogP contribution in [0.1, 0.15) is 16.8 Å². The van der Waals surface area contributed by atoms with Crippen molar-refractivity contribution in [3.05, 3.63) is 71.4 Å². The second-order valence-corrected chi connectivity index (χ2v) is 5.62. The fourth-order valence-electron chi connectivity index (χ4n) is 2.76. The summed E-state index contributed by atoms with van der Waals surface area (Å²) in [5, 5.41) is 0.959. The van der Waals surface area contributed by atoms with Gasteiger partial charge in [0.05, 0.1) is 12.0 Å². The van der Waals surface area contributed by atoms with Gasteiger partial charge in [0.15, 0.2) is 0 Å². The molecule has 1 heterocycles. The van der Waals surface area contributed by atoms with Gasteiger partial charge in [-0.2, -0.15) is 13.2 Å². The number of carbonyl (C=O) groups excluding carboxylic acids is 1. The molecule has 2 aromatic carbocycles. The number of amides is 1. The summed E-state index contributed by atoms with van der Waals surface area (Å²) < 4.78 is 39.9. The molecule has 0 unspecified atom stereocenters. The maximum atomic E-state index is 12.7. The molecule has 0 aliphatic carbocycles. The third-order valence-corrected chi connectivity index (χ3v) is 3.87. The Balaban J connectivity index is 1.98. The molecule has 1 aromatic heterocycles. The van der Waals surface area contributed by atoms with Gasteiger partial charge in [0.1, 0.15) is 0 Å². The second kappa shape index (κ2) is 6.03. The summed E-state index contributed by atoms with van der Waals surface area (Å²) in [6.45, 7) is 0.369. The van der Waals surface area contributed by atoms with Crippen molar-refractivity contribution in [1.29, 1.82) is 0 Å². The Bertz CT molecular complexity index is 879. The smallest absolute Gasteiger partial charge is 0.369 e. The van der Waals surface area contributed by atoms with Crippen LogP contribution in [0.4, 0.5) is 13.2 Å². The highest BCUT2D eigenvalue weighted by Gasteiger charge is 2.29. The fourth-order valence-corrected chi connectivity index (χ4v) is 2.76. The summed E-state index contributed by atoms with van der Waals surface area (Å²) in [4.78, 5) is 11.3. The van der Waals surface area contributed by atoms with Crippen LogP contribution in [0.5, 0.6) is 0 Å². The lowest BCUT2D eigenvalue weighted by atomic mass is 10.1. The van der Waals surface area contributed by atoms with Crippen LogP contribution in [0, 0.1) is 0 Å². The number of hydrogen-bond donors (Lipinski definition) is 1. The Morgan fingerprint density at radius 1 is 1.04 bits per heavy atom. The third-order valence-electron chi connectivity index (χ3n) is 3.87. The van der Waals surface area contributed by atoms with Gasteiger partial charge >= 0.3 is 6.18 Å². The molecule has 0 spiro atoms. The SMILES string of the molecule is NC(=O)Cc1cc2ccccc2n1Cc1ccc(C(F)(F)F)cc1. The molecule has 0 saturated heterocycles. The van der Waals surface area contributed by atoms with Crippen molar-refractivity contribution >= 4 is 16.8 Å². The Hall–Kier alpha value is -2.76. The number of nitrogens with two attached hydrogens (primary N) is 1. The van der Waals surface area contributed by atoms with E-state index in [0.29, 0.717) is 6.54 Å². The number of primary amides is 1. The minimum absolute atomic E-state index is 0.0787. The number of benzene rings is 2. The first-order chi connectivity index (χ1) is 11.3. The van der Waals surface area contributed by atoms with E-state index in [1.54, 1.807) is 0 Å². The molecule has 1 amide bonds. The van der Waals surface area contributed by atoms with Gasteiger partial charge in [0.25, 0.3) is 0 Å². The predicted octanol–water partition coefficient (Wildman–Crippen LogP) is 3.74. The maximum Gasteiger partial charge on any atom is 0.416 e. The van der Waals surface area contributed by atoms with Crippen LogP contribution in [0.25, 0.3) is 10.9 Å². The van der Waals surface area contributed by atoms with E-state index in [1.165, 1.54) is 12.1 Å². The maximum absolute atomic E-state index is 12.7. The van der Waals surface area contributed by atoms with Crippen molar-refractivity contribution in [3.8, 4) is 0 Å². The normalized spacial score (nSPS) is 11.8. The minimum Gasteiger partial charge on any atom is -0.369 e. The molecule has 0 fully saturated rings. The average Bonchev–Trinajstić information content (AvgIpc) is 2.84. The van der Waals surface area contributed by atoms with Crippen LogP contribution < -0.4 is 5.73 Å². The molecule has 3 aromatic rings. The Morgan fingerprint density at radius 3 is 2.33 bits per heavy atom. The molecule has 124 valence electrons. The topological polar surface area (TPSA) is 48.0 Å². The number of fused-ring (bicyclic) bond motifs is 1. The first-order valence-corrected chi connectivity index (χ1v) is 7.36. The highest BCUT2D eigenvalue weighted by molar-refractivity contribution is 5.84. The first-order valence-electron chi connectivity index (χ1n) is 7.36. The quantitative estimate of drug-likeness (QED) is 0.777. The van der Waals surface area contributed by atoms with Crippen LogP contribution in [0.15, 0.2) is 54.6 Å². The van der Waals surface area contributed by atoms with Crippen LogP contribution >= 0.6 is 0 Å². The zero-order chi connectivity index (χ0) is 17.3. The lowest BCUT2D eigenvalue weighted by Gasteiger charge is -2.12. The van der Waals surface area contributed by atoms with Crippen molar-refractivity contribution in [2.45, 2.75) is 19.1 Å². The van der Waals surface area contributed by atoms with Gasteiger partial charge in [-0.05, 0) is 35.2 Å². The summed E-state index contributed by atoms with van der Waals surface area (Å²) in [7, 11) is 0. The molecule has 0 saturated carbocycles. The van der Waals surface area contributed by atoms with Gasteiger partial charge in [-0.3, -0.25) is 4.79 Å². The van der Waals surface area contributed by atoms with Gasteiger partial charge in [-0.1, -0.05) is 30.3 Å². The number of halogens is 3. The number of carbonyl (C=O) groups is 1. The zero-order valence-corrected chi connectivity index (χ0v) is 12.7. The summed E-state index contributed by atoms with van der Waals surface area (Å²) in [6.07, 6.45) is -4.27. The zero-order valence-electron chi connectivity index (χ0n) is 12.7. The number of hydrogen-bond acceptors (Lipinski definition) is 1. The molecule has 0 aliphatic heterocycles. The van der Waals surface area contributed by atoms with E-state index in [2.05, 4.69) is 0 Å². The van der Waals surface area contributed by atoms with E-state index in [1.807, 2.05) is 34.9 Å². The summed E-state index contributed by atoms with van der Waals surface area (Å²) in [6, 6.07) is 14.5. The van der Waals surface area contributed by atoms with E-state index in [-0.39, 0.29) is 6.42 Å². The van der Waals surface area contributed by atoms with Crippen LogP contribution in [-0.4, -0.2) is 10.5 Å². The second-order valence-electron chi connectivity index (χ2n) is 5.62.